The molecule has 0 spiro atoms. The van der Waals surface area contributed by atoms with Crippen molar-refractivity contribution >= 4 is 13.9 Å². The van der Waals surface area contributed by atoms with E-state index in [0.717, 1.165) is 35.0 Å². The van der Waals surface area contributed by atoms with Crippen molar-refractivity contribution in [3.8, 4) is 0 Å². The number of ether oxygens (including phenoxy) is 1. The summed E-state index contributed by atoms with van der Waals surface area (Å²) in [4.78, 5) is 0. The Labute approximate surface area is 157 Å². The molecule has 1 aromatic carbocycles. The van der Waals surface area contributed by atoms with E-state index in [0.29, 0.717) is 26.4 Å². The van der Waals surface area contributed by atoms with Crippen LogP contribution in [0.15, 0.2) is 30.8 Å². The highest BCUT2D eigenvalue weighted by Gasteiger charge is 2.25. The van der Waals surface area contributed by atoms with Gasteiger partial charge in [0, 0.05) is 13.7 Å². The number of phosphoric ester groups is 1. The van der Waals surface area contributed by atoms with E-state index in [-0.39, 0.29) is 0 Å². The zero-order valence-electron chi connectivity index (χ0n) is 16.5. The van der Waals surface area contributed by atoms with Gasteiger partial charge in [0.2, 0.25) is 0 Å². The van der Waals surface area contributed by atoms with E-state index in [4.69, 9.17) is 18.3 Å². The average Bonchev–Trinajstić information content (AvgIpc) is 2.60. The number of nitrogens with zero attached hydrogens (tertiary/aromatic N) is 1. The van der Waals surface area contributed by atoms with E-state index in [2.05, 4.69) is 6.58 Å². The van der Waals surface area contributed by atoms with Crippen molar-refractivity contribution in [1.29, 1.82) is 0 Å². The third-order valence-electron chi connectivity index (χ3n) is 3.65. The summed E-state index contributed by atoms with van der Waals surface area (Å²) >= 11 is 0. The summed E-state index contributed by atoms with van der Waals surface area (Å²) in [5.74, 6) is 0. The van der Waals surface area contributed by atoms with E-state index >= 15 is 0 Å². The fourth-order valence-electron chi connectivity index (χ4n) is 1.99. The van der Waals surface area contributed by atoms with Gasteiger partial charge in [-0.1, -0.05) is 36.9 Å². The van der Waals surface area contributed by atoms with Gasteiger partial charge < -0.3 is 9.22 Å². The predicted molar refractivity (Wildman–Crippen MR) is 105 cm³/mol. The van der Waals surface area contributed by atoms with Crippen molar-refractivity contribution < 1.29 is 27.4 Å². The van der Waals surface area contributed by atoms with Gasteiger partial charge in [0.1, 0.15) is 13.2 Å². The van der Waals surface area contributed by atoms with Crippen molar-refractivity contribution in [2.45, 2.75) is 19.4 Å². The summed E-state index contributed by atoms with van der Waals surface area (Å²) < 4.78 is 34.2. The van der Waals surface area contributed by atoms with Gasteiger partial charge in [0.15, 0.2) is 0 Å². The number of phosphoric acid groups is 1. The van der Waals surface area contributed by atoms with Crippen LogP contribution in [0.3, 0.4) is 0 Å². The first-order chi connectivity index (χ1) is 12.3. The largest absolute Gasteiger partial charge is 0.474 e. The van der Waals surface area contributed by atoms with Crippen molar-refractivity contribution in [1.82, 2.24) is 0 Å². The Bertz CT molecular complexity index is 568. The average molecular weight is 386 g/mol. The lowest BCUT2D eigenvalue weighted by molar-refractivity contribution is -0.870. The first kappa shape index (κ1) is 23.0. The molecule has 6 nitrogen and oxygen atoms in total. The Kier molecular flexibility index (Phi) is 10.3. The molecule has 0 aliphatic carbocycles. The second kappa shape index (κ2) is 11.7. The van der Waals surface area contributed by atoms with E-state index in [1.165, 1.54) is 7.11 Å². The second-order valence-electron chi connectivity index (χ2n) is 7.02. The summed E-state index contributed by atoms with van der Waals surface area (Å²) in [6.45, 7) is 6.28. The Morgan fingerprint density at radius 2 is 1.65 bits per heavy atom. The number of likely N-dealkylation sites (N-methyl/N-ethyl adjacent to an activating group) is 1. The van der Waals surface area contributed by atoms with Gasteiger partial charge in [-0.2, -0.15) is 0 Å². The van der Waals surface area contributed by atoms with Crippen LogP contribution in [0, 0.1) is 0 Å². The van der Waals surface area contributed by atoms with Gasteiger partial charge in [-0.05, 0) is 24.0 Å². The molecule has 0 aromatic heterocycles. The molecule has 0 saturated carbocycles. The number of hydrogen-bond acceptors (Lipinski definition) is 5. The first-order valence-corrected chi connectivity index (χ1v) is 10.3. The van der Waals surface area contributed by atoms with E-state index in [1.807, 2.05) is 51.5 Å². The molecule has 7 heteroatoms. The highest BCUT2D eigenvalue weighted by Crippen LogP contribution is 2.48. The summed E-state index contributed by atoms with van der Waals surface area (Å²) in [5.41, 5.74) is 2.22. The molecule has 1 atom stereocenters. The van der Waals surface area contributed by atoms with Crippen molar-refractivity contribution in [2.75, 3.05) is 54.6 Å². The summed E-state index contributed by atoms with van der Waals surface area (Å²) in [5, 5.41) is 0. The Balaban J connectivity index is 2.13. The number of rotatable bonds is 14. The number of benzene rings is 1. The van der Waals surface area contributed by atoms with Crippen LogP contribution in [0.1, 0.15) is 24.0 Å². The lowest BCUT2D eigenvalue weighted by atomic mass is 10.1. The predicted octanol–water partition coefficient (Wildman–Crippen LogP) is 4.12. The molecule has 1 aromatic rings. The van der Waals surface area contributed by atoms with E-state index < -0.39 is 7.82 Å². The molecule has 1 rings (SSSR count). The van der Waals surface area contributed by atoms with Crippen LogP contribution in [0.25, 0.3) is 6.08 Å². The molecule has 0 radical (unpaired) electrons. The van der Waals surface area contributed by atoms with Crippen LogP contribution < -0.4 is 0 Å². The molecule has 0 aliphatic rings. The first-order valence-electron chi connectivity index (χ1n) is 8.82. The van der Waals surface area contributed by atoms with Gasteiger partial charge in [-0.25, -0.2) is 4.57 Å². The number of unbranched alkanes of at least 4 members (excludes halogenated alkanes) is 1. The lowest BCUT2D eigenvalue weighted by Crippen LogP contribution is -2.37. The molecule has 0 fully saturated rings. The molecule has 0 heterocycles. The third-order valence-corrected chi connectivity index (χ3v) is 5.10. The minimum Gasteiger partial charge on any atom is -0.377 e. The molecule has 0 saturated heterocycles. The van der Waals surface area contributed by atoms with Crippen molar-refractivity contribution in [2.24, 2.45) is 0 Å². The maximum Gasteiger partial charge on any atom is 0.474 e. The quantitative estimate of drug-likeness (QED) is 0.273. The monoisotopic (exact) mass is 386 g/mol. The van der Waals surface area contributed by atoms with Gasteiger partial charge >= 0.3 is 7.82 Å². The van der Waals surface area contributed by atoms with Crippen molar-refractivity contribution in [3.05, 3.63) is 42.0 Å². The van der Waals surface area contributed by atoms with Gasteiger partial charge in [-0.15, -0.1) is 0 Å². The standard InChI is InChI=1S/C19H33NO5P/c1-6-18-9-11-19(12-10-18)17-23-14-7-8-15-24-26(21,22-5)25-16-13-20(2,3)4/h6,9-12H,1,7-8,13-17H2,2-5H3/q+1. The maximum absolute atomic E-state index is 12.3. The normalized spacial score (nSPS) is 14.2. The van der Waals surface area contributed by atoms with Gasteiger partial charge in [0.05, 0.1) is 34.4 Å². The van der Waals surface area contributed by atoms with E-state index in [1.54, 1.807) is 0 Å². The molecular formula is C19H33NO5P+. The summed E-state index contributed by atoms with van der Waals surface area (Å²) in [7, 11) is 4.00. The highest BCUT2D eigenvalue weighted by atomic mass is 31.2. The molecule has 0 N–H and O–H groups in total. The van der Waals surface area contributed by atoms with Crippen LogP contribution in [-0.2, 0) is 29.5 Å². The highest BCUT2D eigenvalue weighted by molar-refractivity contribution is 7.48. The minimum atomic E-state index is -3.46. The zero-order valence-corrected chi connectivity index (χ0v) is 17.4. The number of quaternary nitrogens is 1. The zero-order chi connectivity index (χ0) is 19.5. The fourth-order valence-corrected chi connectivity index (χ4v) is 2.93. The topological polar surface area (TPSA) is 54.0 Å². The Morgan fingerprint density at radius 3 is 2.23 bits per heavy atom. The molecule has 0 bridgehead atoms. The maximum atomic E-state index is 12.3. The Hall–Kier alpha value is -1.01. The van der Waals surface area contributed by atoms with Crippen molar-refractivity contribution in [3.63, 3.8) is 0 Å². The minimum absolute atomic E-state index is 0.312. The second-order valence-corrected chi connectivity index (χ2v) is 8.79. The number of hydrogen-bond donors (Lipinski definition) is 0. The molecule has 1 unspecified atom stereocenters. The SMILES string of the molecule is C=Cc1ccc(COCCCCOP(=O)(OC)OCC[N+](C)(C)C)cc1. The van der Waals surface area contributed by atoms with Crippen LogP contribution in [-0.4, -0.2) is 59.1 Å². The summed E-state index contributed by atoms with van der Waals surface area (Å²) in [6, 6.07) is 8.09. The van der Waals surface area contributed by atoms with Gasteiger partial charge in [0.25, 0.3) is 0 Å². The molecule has 0 amide bonds. The van der Waals surface area contributed by atoms with Crippen LogP contribution in [0.4, 0.5) is 0 Å². The van der Waals surface area contributed by atoms with Crippen LogP contribution in [0.5, 0.6) is 0 Å². The Morgan fingerprint density at radius 1 is 1.04 bits per heavy atom. The van der Waals surface area contributed by atoms with Crippen LogP contribution >= 0.6 is 7.82 Å². The third kappa shape index (κ3) is 10.2. The molecule has 148 valence electrons. The molecule has 26 heavy (non-hydrogen) atoms. The lowest BCUT2D eigenvalue weighted by Gasteiger charge is -2.24. The fraction of sp³-hybridized carbons (Fsp3) is 0.579. The summed E-state index contributed by atoms with van der Waals surface area (Å²) in [6.07, 6.45) is 3.35. The van der Waals surface area contributed by atoms with Crippen LogP contribution in [0.2, 0.25) is 0 Å². The molecule has 0 aliphatic heterocycles. The van der Waals surface area contributed by atoms with E-state index in [9.17, 15) is 4.57 Å². The smallest absolute Gasteiger partial charge is 0.377 e. The molecular weight excluding hydrogens is 353 g/mol. The van der Waals surface area contributed by atoms with Gasteiger partial charge in [-0.3, -0.25) is 13.6 Å².